The Hall–Kier alpha value is -1.85. The Bertz CT molecular complexity index is 824. The molecule has 0 saturated carbocycles. The molecule has 24 heavy (non-hydrogen) atoms. The van der Waals surface area contributed by atoms with Crippen molar-refractivity contribution < 1.29 is 5.11 Å². The van der Waals surface area contributed by atoms with Gasteiger partial charge in [-0.2, -0.15) is 0 Å². The maximum Gasteiger partial charge on any atom is 0.254 e. The first-order chi connectivity index (χ1) is 11.2. The molecule has 2 N–H and O–H groups in total. The first-order valence-corrected chi connectivity index (χ1v) is 8.44. The number of aromatic hydroxyl groups is 1. The SMILES string of the molecule is CC(C)(C)c1nc2c(c(=O)[nH]1)CCN(Cc1ccc(O)c(Cl)c1)C2. The van der Waals surface area contributed by atoms with Crippen LogP contribution in [0.3, 0.4) is 0 Å². The molecule has 1 aliphatic heterocycles. The molecule has 0 fully saturated rings. The normalized spacial score (nSPS) is 15.3. The second kappa shape index (κ2) is 6.22. The minimum Gasteiger partial charge on any atom is -0.506 e. The van der Waals surface area contributed by atoms with Crippen LogP contribution in [0.2, 0.25) is 5.02 Å². The lowest BCUT2D eigenvalue weighted by Crippen LogP contribution is -2.36. The molecule has 1 aromatic carbocycles. The lowest BCUT2D eigenvalue weighted by atomic mass is 9.95. The standard InChI is InChI=1S/C18H22ClN3O2/c1-18(2,3)17-20-14-10-22(7-6-12(14)16(24)21-17)9-11-4-5-15(23)13(19)8-11/h4-5,8,23H,6-7,9-10H2,1-3H3,(H,20,21,24). The van der Waals surface area contributed by atoms with Gasteiger partial charge < -0.3 is 10.1 Å². The highest BCUT2D eigenvalue weighted by molar-refractivity contribution is 6.32. The maximum atomic E-state index is 12.3. The Morgan fingerprint density at radius 1 is 1.38 bits per heavy atom. The highest BCUT2D eigenvalue weighted by Crippen LogP contribution is 2.26. The molecule has 0 amide bonds. The summed E-state index contributed by atoms with van der Waals surface area (Å²) >= 11 is 5.98. The van der Waals surface area contributed by atoms with Crippen molar-refractivity contribution >= 4 is 11.6 Å². The molecule has 0 bridgehead atoms. The summed E-state index contributed by atoms with van der Waals surface area (Å²) in [6.07, 6.45) is 0.688. The van der Waals surface area contributed by atoms with Gasteiger partial charge in [0.25, 0.3) is 5.56 Å². The fourth-order valence-corrected chi connectivity index (χ4v) is 3.09. The van der Waals surface area contributed by atoms with Crippen molar-refractivity contribution in [3.63, 3.8) is 0 Å². The topological polar surface area (TPSA) is 69.2 Å². The predicted octanol–water partition coefficient (Wildman–Crippen LogP) is 2.98. The molecule has 0 unspecified atom stereocenters. The van der Waals surface area contributed by atoms with Gasteiger partial charge >= 0.3 is 0 Å². The van der Waals surface area contributed by atoms with Gasteiger partial charge in [0.05, 0.1) is 10.7 Å². The van der Waals surface area contributed by atoms with E-state index in [1.165, 1.54) is 0 Å². The average molecular weight is 348 g/mol. The van der Waals surface area contributed by atoms with E-state index in [0.717, 1.165) is 29.2 Å². The van der Waals surface area contributed by atoms with Crippen molar-refractivity contribution in [1.82, 2.24) is 14.9 Å². The van der Waals surface area contributed by atoms with Crippen LogP contribution in [0.5, 0.6) is 5.75 Å². The average Bonchev–Trinajstić information content (AvgIpc) is 2.50. The number of hydrogen-bond donors (Lipinski definition) is 2. The Morgan fingerprint density at radius 2 is 2.12 bits per heavy atom. The van der Waals surface area contributed by atoms with Gasteiger partial charge in [-0.05, 0) is 24.1 Å². The van der Waals surface area contributed by atoms with Gasteiger partial charge in [0.15, 0.2) is 0 Å². The van der Waals surface area contributed by atoms with Crippen LogP contribution in [0.15, 0.2) is 23.0 Å². The number of aromatic nitrogens is 2. The third-order valence-corrected chi connectivity index (χ3v) is 4.58. The van der Waals surface area contributed by atoms with Gasteiger partial charge in [0.1, 0.15) is 11.6 Å². The molecule has 5 nitrogen and oxygen atoms in total. The van der Waals surface area contributed by atoms with E-state index in [2.05, 4.69) is 9.88 Å². The lowest BCUT2D eigenvalue weighted by molar-refractivity contribution is 0.239. The monoisotopic (exact) mass is 347 g/mol. The van der Waals surface area contributed by atoms with E-state index in [4.69, 9.17) is 16.6 Å². The van der Waals surface area contributed by atoms with Crippen LogP contribution in [-0.4, -0.2) is 26.5 Å². The molecular formula is C18H22ClN3O2. The maximum absolute atomic E-state index is 12.3. The van der Waals surface area contributed by atoms with Crippen molar-refractivity contribution in [3.8, 4) is 5.75 Å². The summed E-state index contributed by atoms with van der Waals surface area (Å²) in [4.78, 5) is 22.2. The largest absolute Gasteiger partial charge is 0.506 e. The minimum absolute atomic E-state index is 0.0164. The number of H-pyrrole nitrogens is 1. The van der Waals surface area contributed by atoms with Gasteiger partial charge in [-0.1, -0.05) is 38.4 Å². The van der Waals surface area contributed by atoms with E-state index in [1.54, 1.807) is 12.1 Å². The van der Waals surface area contributed by atoms with Crippen LogP contribution >= 0.6 is 11.6 Å². The number of phenolic OH excluding ortho intramolecular Hbond substituents is 1. The molecule has 0 spiro atoms. The number of aromatic amines is 1. The summed E-state index contributed by atoms with van der Waals surface area (Å²) in [5, 5.41) is 9.88. The number of nitrogens with one attached hydrogen (secondary N) is 1. The fraction of sp³-hybridized carbons (Fsp3) is 0.444. The molecule has 2 heterocycles. The molecule has 0 aliphatic carbocycles. The number of benzene rings is 1. The fourth-order valence-electron chi connectivity index (χ4n) is 2.89. The minimum atomic E-state index is -0.194. The summed E-state index contributed by atoms with van der Waals surface area (Å²) in [5.41, 5.74) is 2.48. The van der Waals surface area contributed by atoms with Gasteiger partial charge in [0, 0.05) is 30.6 Å². The van der Waals surface area contributed by atoms with E-state index in [1.807, 2.05) is 26.8 Å². The Balaban J connectivity index is 1.84. The Kier molecular flexibility index (Phi) is 4.40. The smallest absolute Gasteiger partial charge is 0.254 e. The molecule has 128 valence electrons. The van der Waals surface area contributed by atoms with Crippen molar-refractivity contribution in [2.45, 2.75) is 45.7 Å². The number of hydrogen-bond acceptors (Lipinski definition) is 4. The third-order valence-electron chi connectivity index (χ3n) is 4.28. The summed E-state index contributed by atoms with van der Waals surface area (Å²) in [7, 11) is 0. The first kappa shape index (κ1) is 17.0. The zero-order valence-electron chi connectivity index (χ0n) is 14.2. The van der Waals surface area contributed by atoms with Gasteiger partial charge in [-0.15, -0.1) is 0 Å². The van der Waals surface area contributed by atoms with Crippen molar-refractivity contribution in [2.75, 3.05) is 6.54 Å². The van der Waals surface area contributed by atoms with Gasteiger partial charge in [-0.25, -0.2) is 4.98 Å². The Labute approximate surface area is 146 Å². The van der Waals surface area contributed by atoms with Crippen LogP contribution in [0.25, 0.3) is 0 Å². The second-order valence-electron chi connectivity index (χ2n) is 7.34. The van der Waals surface area contributed by atoms with Crippen LogP contribution in [0.1, 0.15) is 43.4 Å². The van der Waals surface area contributed by atoms with Gasteiger partial charge in [-0.3, -0.25) is 9.69 Å². The number of nitrogens with zero attached hydrogens (tertiary/aromatic N) is 2. The highest BCUT2D eigenvalue weighted by atomic mass is 35.5. The van der Waals surface area contributed by atoms with E-state index in [-0.39, 0.29) is 16.7 Å². The summed E-state index contributed by atoms with van der Waals surface area (Å²) in [6.45, 7) is 8.26. The zero-order chi connectivity index (χ0) is 17.5. The van der Waals surface area contributed by atoms with E-state index in [9.17, 15) is 9.90 Å². The van der Waals surface area contributed by atoms with Crippen LogP contribution in [0, 0.1) is 0 Å². The van der Waals surface area contributed by atoms with Crippen LogP contribution in [0.4, 0.5) is 0 Å². The molecule has 0 atom stereocenters. The molecule has 3 rings (SSSR count). The van der Waals surface area contributed by atoms with Crippen molar-refractivity contribution in [3.05, 3.63) is 56.2 Å². The zero-order valence-corrected chi connectivity index (χ0v) is 14.9. The lowest BCUT2D eigenvalue weighted by Gasteiger charge is -2.29. The molecule has 1 aliphatic rings. The highest BCUT2D eigenvalue weighted by Gasteiger charge is 2.24. The van der Waals surface area contributed by atoms with Crippen LogP contribution in [-0.2, 0) is 24.9 Å². The van der Waals surface area contributed by atoms with Crippen LogP contribution < -0.4 is 5.56 Å². The molecule has 1 aromatic heterocycles. The number of halogens is 1. The molecule has 6 heteroatoms. The number of rotatable bonds is 2. The number of phenols is 1. The quantitative estimate of drug-likeness (QED) is 0.876. The van der Waals surface area contributed by atoms with Crippen molar-refractivity contribution in [2.24, 2.45) is 0 Å². The Morgan fingerprint density at radius 3 is 2.79 bits per heavy atom. The molecule has 0 saturated heterocycles. The third kappa shape index (κ3) is 3.47. The predicted molar refractivity (Wildman–Crippen MR) is 94.5 cm³/mol. The van der Waals surface area contributed by atoms with Gasteiger partial charge in [0.2, 0.25) is 0 Å². The van der Waals surface area contributed by atoms with E-state index < -0.39 is 0 Å². The summed E-state index contributed by atoms with van der Waals surface area (Å²) in [5.74, 6) is 0.813. The van der Waals surface area contributed by atoms with E-state index in [0.29, 0.717) is 24.5 Å². The molecule has 0 radical (unpaired) electrons. The molecule has 2 aromatic rings. The summed E-state index contributed by atoms with van der Waals surface area (Å²) in [6, 6.07) is 5.25. The summed E-state index contributed by atoms with van der Waals surface area (Å²) < 4.78 is 0. The number of fused-ring (bicyclic) bond motifs is 1. The molecular weight excluding hydrogens is 326 g/mol. The second-order valence-corrected chi connectivity index (χ2v) is 7.74. The first-order valence-electron chi connectivity index (χ1n) is 8.06. The van der Waals surface area contributed by atoms with Crippen molar-refractivity contribution in [1.29, 1.82) is 0 Å². The van der Waals surface area contributed by atoms with E-state index >= 15 is 0 Å².